The first-order valence-electron chi connectivity index (χ1n) is 5.48. The first-order valence-corrected chi connectivity index (χ1v) is 7.30. The van der Waals surface area contributed by atoms with Crippen LogP contribution in [0.1, 0.15) is 11.3 Å². The predicted octanol–water partition coefficient (Wildman–Crippen LogP) is -1.02. The number of aryl methyl sites for hydroxylation is 1. The molecule has 2 heterocycles. The quantitative estimate of drug-likeness (QED) is 0.725. The summed E-state index contributed by atoms with van der Waals surface area (Å²) in [6.07, 6.45) is 0.940. The molecule has 0 aromatic carbocycles. The molecule has 1 fully saturated rings. The second-order valence-electron chi connectivity index (χ2n) is 4.51. The maximum Gasteiger partial charge on any atom is 0.154 e. The van der Waals surface area contributed by atoms with E-state index in [4.69, 9.17) is 0 Å². The van der Waals surface area contributed by atoms with Crippen LogP contribution in [0.15, 0.2) is 6.20 Å². The molecule has 1 aliphatic heterocycles. The number of nitrogens with zero attached hydrogens (tertiary/aromatic N) is 2. The lowest BCUT2D eigenvalue weighted by Gasteiger charge is -2.14. The molecule has 1 aromatic heterocycles. The van der Waals surface area contributed by atoms with Gasteiger partial charge in [-0.2, -0.15) is 5.10 Å². The monoisotopic (exact) mass is 259 g/mol. The fourth-order valence-corrected chi connectivity index (χ4v) is 3.76. The normalized spacial score (nSPS) is 27.5. The van der Waals surface area contributed by atoms with Crippen molar-refractivity contribution in [3.8, 4) is 0 Å². The van der Waals surface area contributed by atoms with Crippen molar-refractivity contribution >= 4 is 9.84 Å². The molecule has 2 unspecified atom stereocenters. The van der Waals surface area contributed by atoms with Gasteiger partial charge < -0.3 is 10.4 Å². The molecule has 0 saturated carbocycles. The summed E-state index contributed by atoms with van der Waals surface area (Å²) in [5.74, 6) is -0.135. The molecule has 0 spiro atoms. The first-order chi connectivity index (χ1) is 7.89. The van der Waals surface area contributed by atoms with Crippen LogP contribution in [0.25, 0.3) is 0 Å². The number of aliphatic hydroxyl groups excluding tert-OH is 1. The van der Waals surface area contributed by atoms with E-state index in [1.165, 1.54) is 0 Å². The van der Waals surface area contributed by atoms with Crippen LogP contribution in [0, 0.1) is 6.92 Å². The van der Waals surface area contributed by atoms with Gasteiger partial charge in [-0.1, -0.05) is 0 Å². The molecule has 96 valence electrons. The number of sulfone groups is 1. The van der Waals surface area contributed by atoms with Gasteiger partial charge in [0.25, 0.3) is 0 Å². The maximum atomic E-state index is 11.3. The van der Waals surface area contributed by atoms with E-state index in [0.29, 0.717) is 6.54 Å². The molecule has 1 saturated heterocycles. The van der Waals surface area contributed by atoms with Crippen molar-refractivity contribution in [2.75, 3.05) is 11.5 Å². The summed E-state index contributed by atoms with van der Waals surface area (Å²) >= 11 is 0. The Morgan fingerprint density at radius 2 is 2.29 bits per heavy atom. The molecule has 0 bridgehead atoms. The molecule has 2 N–H and O–H groups in total. The Morgan fingerprint density at radius 1 is 1.59 bits per heavy atom. The third-order valence-electron chi connectivity index (χ3n) is 3.21. The van der Waals surface area contributed by atoms with Crippen molar-refractivity contribution in [3.63, 3.8) is 0 Å². The van der Waals surface area contributed by atoms with E-state index in [0.717, 1.165) is 11.3 Å². The van der Waals surface area contributed by atoms with Crippen LogP contribution in [-0.4, -0.2) is 47.0 Å². The van der Waals surface area contributed by atoms with Gasteiger partial charge in [0.05, 0.1) is 23.8 Å². The summed E-state index contributed by atoms with van der Waals surface area (Å²) in [6, 6.07) is -0.375. The molecule has 0 radical (unpaired) electrons. The molecular weight excluding hydrogens is 242 g/mol. The minimum atomic E-state index is -3.09. The Hall–Kier alpha value is -0.920. The van der Waals surface area contributed by atoms with Gasteiger partial charge in [0.15, 0.2) is 9.84 Å². The Kier molecular flexibility index (Phi) is 3.24. The maximum absolute atomic E-state index is 11.3. The van der Waals surface area contributed by atoms with Crippen molar-refractivity contribution in [1.82, 2.24) is 15.1 Å². The Balaban J connectivity index is 1.98. The highest BCUT2D eigenvalue weighted by Crippen LogP contribution is 2.14. The Labute approximate surface area is 101 Å². The third-order valence-corrected chi connectivity index (χ3v) is 4.93. The highest BCUT2D eigenvalue weighted by atomic mass is 32.2. The van der Waals surface area contributed by atoms with Crippen molar-refractivity contribution in [2.24, 2.45) is 7.05 Å². The predicted molar refractivity (Wildman–Crippen MR) is 63.2 cm³/mol. The zero-order valence-corrected chi connectivity index (χ0v) is 10.7. The van der Waals surface area contributed by atoms with E-state index in [1.54, 1.807) is 10.9 Å². The summed E-state index contributed by atoms with van der Waals surface area (Å²) in [5.41, 5.74) is 2.05. The topological polar surface area (TPSA) is 84.2 Å². The molecule has 1 aromatic rings. The number of rotatable bonds is 3. The van der Waals surface area contributed by atoms with Crippen molar-refractivity contribution in [2.45, 2.75) is 25.6 Å². The average Bonchev–Trinajstić information content (AvgIpc) is 2.67. The van der Waals surface area contributed by atoms with Gasteiger partial charge in [0, 0.05) is 30.9 Å². The lowest BCUT2D eigenvalue weighted by molar-refractivity contribution is 0.165. The molecule has 0 amide bonds. The number of aliphatic hydroxyl groups is 1. The Bertz CT molecular complexity index is 509. The second-order valence-corrected chi connectivity index (χ2v) is 6.66. The standard InChI is InChI=1S/C10H17N3O3S/c1-7-8(4-12-13(7)2)3-11-9-5-17(15,16)6-10(9)14/h4,9-11,14H,3,5-6H2,1-2H3. The minimum absolute atomic E-state index is 0.00742. The highest BCUT2D eigenvalue weighted by Gasteiger charge is 2.35. The van der Waals surface area contributed by atoms with Crippen LogP contribution in [-0.2, 0) is 23.4 Å². The fourth-order valence-electron chi connectivity index (χ4n) is 1.98. The number of hydrogen-bond donors (Lipinski definition) is 2. The van der Waals surface area contributed by atoms with Gasteiger partial charge >= 0.3 is 0 Å². The summed E-state index contributed by atoms with van der Waals surface area (Å²) in [4.78, 5) is 0. The van der Waals surface area contributed by atoms with Gasteiger partial charge in [-0.15, -0.1) is 0 Å². The van der Waals surface area contributed by atoms with Crippen LogP contribution in [0.5, 0.6) is 0 Å². The molecule has 17 heavy (non-hydrogen) atoms. The van der Waals surface area contributed by atoms with E-state index in [9.17, 15) is 13.5 Å². The SMILES string of the molecule is Cc1c(CNC2CS(=O)(=O)CC2O)cnn1C. The van der Waals surface area contributed by atoms with E-state index in [1.807, 2.05) is 14.0 Å². The summed E-state index contributed by atoms with van der Waals surface area (Å²) < 4.78 is 24.4. The summed E-state index contributed by atoms with van der Waals surface area (Å²) in [5, 5.41) is 16.8. The van der Waals surface area contributed by atoms with Crippen LogP contribution in [0.2, 0.25) is 0 Å². The van der Waals surface area contributed by atoms with Crippen molar-refractivity contribution < 1.29 is 13.5 Å². The molecule has 2 atom stereocenters. The largest absolute Gasteiger partial charge is 0.390 e. The van der Waals surface area contributed by atoms with Crippen LogP contribution >= 0.6 is 0 Å². The van der Waals surface area contributed by atoms with E-state index < -0.39 is 15.9 Å². The fraction of sp³-hybridized carbons (Fsp3) is 0.700. The first kappa shape index (κ1) is 12.5. The van der Waals surface area contributed by atoms with Crippen LogP contribution < -0.4 is 5.32 Å². The minimum Gasteiger partial charge on any atom is -0.390 e. The highest BCUT2D eigenvalue weighted by molar-refractivity contribution is 7.91. The number of aromatic nitrogens is 2. The Morgan fingerprint density at radius 3 is 2.76 bits per heavy atom. The molecule has 0 aliphatic carbocycles. The lowest BCUT2D eigenvalue weighted by atomic mass is 10.2. The average molecular weight is 259 g/mol. The zero-order valence-electron chi connectivity index (χ0n) is 9.92. The lowest BCUT2D eigenvalue weighted by Crippen LogP contribution is -2.38. The van der Waals surface area contributed by atoms with Crippen molar-refractivity contribution in [3.05, 3.63) is 17.5 Å². The van der Waals surface area contributed by atoms with Crippen molar-refractivity contribution in [1.29, 1.82) is 0 Å². The molecule has 2 rings (SSSR count). The molecule has 6 nitrogen and oxygen atoms in total. The van der Waals surface area contributed by atoms with Crippen LogP contribution in [0.3, 0.4) is 0 Å². The summed E-state index contributed by atoms with van der Waals surface area (Å²) in [7, 11) is -1.23. The van der Waals surface area contributed by atoms with E-state index >= 15 is 0 Å². The number of nitrogens with one attached hydrogen (secondary N) is 1. The summed E-state index contributed by atoms with van der Waals surface area (Å²) in [6.45, 7) is 2.47. The van der Waals surface area contributed by atoms with Gasteiger partial charge in [0.1, 0.15) is 0 Å². The van der Waals surface area contributed by atoms with Gasteiger partial charge in [-0.25, -0.2) is 8.42 Å². The van der Waals surface area contributed by atoms with Gasteiger partial charge in [0.2, 0.25) is 0 Å². The van der Waals surface area contributed by atoms with E-state index in [2.05, 4.69) is 10.4 Å². The smallest absolute Gasteiger partial charge is 0.154 e. The molecule has 1 aliphatic rings. The number of hydrogen-bond acceptors (Lipinski definition) is 5. The molecular formula is C10H17N3O3S. The second kappa shape index (κ2) is 4.40. The third kappa shape index (κ3) is 2.67. The molecule has 7 heteroatoms. The van der Waals surface area contributed by atoms with Gasteiger partial charge in [-0.05, 0) is 6.92 Å². The van der Waals surface area contributed by atoms with Crippen LogP contribution in [0.4, 0.5) is 0 Å². The van der Waals surface area contributed by atoms with Gasteiger partial charge in [-0.3, -0.25) is 4.68 Å². The van der Waals surface area contributed by atoms with E-state index in [-0.39, 0.29) is 17.5 Å². The zero-order chi connectivity index (χ0) is 12.6.